The number of halogens is 2. The molecule has 4 aromatic carbocycles. The molecule has 0 fully saturated rings. The van der Waals surface area contributed by atoms with Crippen molar-refractivity contribution >= 4 is 51.2 Å². The van der Waals surface area contributed by atoms with Gasteiger partial charge < -0.3 is 4.90 Å². The van der Waals surface area contributed by atoms with Crippen LogP contribution < -0.4 is 26.8 Å². The molecule has 4 aromatic rings. The van der Waals surface area contributed by atoms with Gasteiger partial charge in [0.2, 0.25) is 0 Å². The van der Waals surface area contributed by atoms with Gasteiger partial charge >= 0.3 is 0 Å². The lowest BCUT2D eigenvalue weighted by atomic mass is 9.13. The lowest BCUT2D eigenvalue weighted by Crippen LogP contribution is -3.11. The van der Waals surface area contributed by atoms with Crippen molar-refractivity contribution in [3.8, 4) is 0 Å². The van der Waals surface area contributed by atoms with Crippen LogP contribution in [0.15, 0.2) is 121 Å². The minimum absolute atomic E-state index is 0.194. The van der Waals surface area contributed by atoms with Gasteiger partial charge in [0.05, 0.1) is 25.0 Å². The lowest BCUT2D eigenvalue weighted by Gasteiger charge is -2.44. The zero-order valence-corrected chi connectivity index (χ0v) is 22.7. The van der Waals surface area contributed by atoms with Gasteiger partial charge in [0.15, 0.2) is 0 Å². The van der Waals surface area contributed by atoms with Crippen molar-refractivity contribution < 1.29 is 4.90 Å². The molecule has 0 radical (unpaired) electrons. The maximum absolute atomic E-state index is 4.76. The fourth-order valence-corrected chi connectivity index (χ4v) is 4.87. The number of benzene rings is 4. The third-order valence-electron chi connectivity index (χ3n) is 6.70. The van der Waals surface area contributed by atoms with Gasteiger partial charge in [0, 0.05) is 0 Å². The Morgan fingerprint density at radius 2 is 0.657 bits per heavy atom. The van der Waals surface area contributed by atoms with Crippen LogP contribution in [-0.4, -0.2) is 31.1 Å². The van der Waals surface area contributed by atoms with Crippen molar-refractivity contribution in [1.29, 1.82) is 0 Å². The number of quaternary nitrogens is 1. The molecule has 0 amide bonds. The van der Waals surface area contributed by atoms with Crippen LogP contribution in [-0.2, 0) is 0 Å². The standard InChI is InChI=1S/C24H20B.C6H15N.CH2Cl2/c1-5-13-21(14-6-1)25(22-15-7-2-8-16-22,23-17-9-3-10-18-23)24-19-11-4-12-20-24;1-4-7(5-2)6-3;2-1-3/h1-20H;4-6H2,1-3H3;1H2/q-1;;/p+1. The second-order valence-corrected chi connectivity index (χ2v) is 9.23. The average Bonchev–Trinajstić information content (AvgIpc) is 2.94. The predicted octanol–water partition coefficient (Wildman–Crippen LogP) is 4.42. The Balaban J connectivity index is 0.000000369. The Hall–Kier alpha value is -2.52. The highest BCUT2D eigenvalue weighted by molar-refractivity contribution is 7.19. The van der Waals surface area contributed by atoms with Gasteiger partial charge in [-0.2, -0.15) is 21.9 Å². The Bertz CT molecular complexity index is 871. The van der Waals surface area contributed by atoms with Crippen molar-refractivity contribution in [1.82, 2.24) is 0 Å². The first-order valence-electron chi connectivity index (χ1n) is 12.5. The molecule has 0 bridgehead atoms. The molecule has 1 N–H and O–H groups in total. The molecule has 35 heavy (non-hydrogen) atoms. The van der Waals surface area contributed by atoms with E-state index in [1.54, 1.807) is 4.90 Å². The zero-order chi connectivity index (χ0) is 25.4. The highest BCUT2D eigenvalue weighted by atomic mass is 35.5. The minimum Gasteiger partial charge on any atom is -0.336 e. The summed E-state index contributed by atoms with van der Waals surface area (Å²) in [6, 6.07) is 43.5. The summed E-state index contributed by atoms with van der Waals surface area (Å²) < 4.78 is 0. The molecule has 0 atom stereocenters. The summed E-state index contributed by atoms with van der Waals surface area (Å²) in [7, 11) is 0. The van der Waals surface area contributed by atoms with Crippen molar-refractivity contribution in [3.63, 3.8) is 0 Å². The van der Waals surface area contributed by atoms with E-state index in [4.69, 9.17) is 23.2 Å². The normalized spacial score (nSPS) is 10.6. The van der Waals surface area contributed by atoms with E-state index in [0.717, 1.165) is 0 Å². The van der Waals surface area contributed by atoms with Gasteiger partial charge in [-0.3, -0.25) is 0 Å². The third-order valence-corrected chi connectivity index (χ3v) is 6.70. The molecule has 0 heterocycles. The molecule has 0 saturated carbocycles. The molecule has 184 valence electrons. The second kappa shape index (κ2) is 16.2. The average molecular weight is 506 g/mol. The van der Waals surface area contributed by atoms with Crippen molar-refractivity contribution in [2.75, 3.05) is 25.0 Å². The van der Waals surface area contributed by atoms with Crippen LogP contribution in [0.4, 0.5) is 0 Å². The van der Waals surface area contributed by atoms with E-state index in [1.807, 2.05) is 0 Å². The number of alkyl halides is 2. The highest BCUT2D eigenvalue weighted by Gasteiger charge is 2.30. The fraction of sp³-hybridized carbons (Fsp3) is 0.226. The molecule has 0 aliphatic carbocycles. The SMILES string of the molecule is CC[NH+](CC)CC.ClCCl.c1ccc([B-](c2ccccc2)(c2ccccc2)c2ccccc2)cc1. The first kappa shape index (κ1) is 28.7. The van der Waals surface area contributed by atoms with Crippen LogP contribution in [0, 0.1) is 0 Å². The predicted molar refractivity (Wildman–Crippen MR) is 159 cm³/mol. The van der Waals surface area contributed by atoms with Crippen LogP contribution >= 0.6 is 23.2 Å². The summed E-state index contributed by atoms with van der Waals surface area (Å²) in [5, 5.41) is 0.194. The molecular formula is C31H38BCl2N. The van der Waals surface area contributed by atoms with Crippen molar-refractivity contribution in [2.24, 2.45) is 0 Å². The van der Waals surface area contributed by atoms with Gasteiger partial charge in [0.25, 0.3) is 0 Å². The molecule has 0 unspecified atom stereocenters. The quantitative estimate of drug-likeness (QED) is 0.280. The van der Waals surface area contributed by atoms with E-state index < -0.39 is 6.15 Å². The van der Waals surface area contributed by atoms with E-state index >= 15 is 0 Å². The fourth-order valence-electron chi connectivity index (χ4n) is 4.87. The Morgan fingerprint density at radius 3 is 0.800 bits per heavy atom. The Labute approximate surface area is 222 Å². The van der Waals surface area contributed by atoms with Gasteiger partial charge in [0.1, 0.15) is 6.15 Å². The van der Waals surface area contributed by atoms with E-state index in [-0.39, 0.29) is 5.34 Å². The largest absolute Gasteiger partial charge is 0.336 e. The summed E-state index contributed by atoms with van der Waals surface area (Å²) in [4.78, 5) is 1.68. The Morgan fingerprint density at radius 1 is 0.457 bits per heavy atom. The van der Waals surface area contributed by atoms with Crippen LogP contribution in [0.3, 0.4) is 0 Å². The third kappa shape index (κ3) is 7.74. The minimum atomic E-state index is -1.22. The Kier molecular flexibility index (Phi) is 13.3. The summed E-state index contributed by atoms with van der Waals surface area (Å²) >= 11 is 9.53. The van der Waals surface area contributed by atoms with E-state index in [1.165, 1.54) is 41.5 Å². The van der Waals surface area contributed by atoms with Crippen molar-refractivity contribution in [3.05, 3.63) is 121 Å². The summed E-state index contributed by atoms with van der Waals surface area (Å²) in [5.74, 6) is 0. The van der Waals surface area contributed by atoms with Gasteiger partial charge in [-0.15, -0.1) is 23.2 Å². The van der Waals surface area contributed by atoms with Crippen LogP contribution in [0.25, 0.3) is 0 Å². The van der Waals surface area contributed by atoms with Crippen LogP contribution in [0.1, 0.15) is 20.8 Å². The molecule has 1 nitrogen and oxygen atoms in total. The van der Waals surface area contributed by atoms with Gasteiger partial charge in [-0.25, -0.2) is 0 Å². The molecule has 0 spiro atoms. The van der Waals surface area contributed by atoms with Gasteiger partial charge in [-0.05, 0) is 20.8 Å². The maximum Gasteiger partial charge on any atom is 0.108 e. The van der Waals surface area contributed by atoms with Crippen molar-refractivity contribution in [2.45, 2.75) is 20.8 Å². The van der Waals surface area contributed by atoms with E-state index in [2.05, 4.69) is 142 Å². The summed E-state index contributed by atoms with van der Waals surface area (Å²) in [6.45, 7) is 10.5. The molecule has 0 saturated heterocycles. The molecule has 0 aliphatic heterocycles. The molecule has 0 aliphatic rings. The second-order valence-electron chi connectivity index (χ2n) is 8.42. The highest BCUT2D eigenvalue weighted by Crippen LogP contribution is 2.09. The molecular weight excluding hydrogens is 468 g/mol. The molecule has 4 heteroatoms. The summed E-state index contributed by atoms with van der Waals surface area (Å²) in [6.07, 6.45) is -1.22. The van der Waals surface area contributed by atoms with E-state index in [9.17, 15) is 0 Å². The van der Waals surface area contributed by atoms with E-state index in [0.29, 0.717) is 0 Å². The molecule has 0 aromatic heterocycles. The first-order valence-corrected chi connectivity index (χ1v) is 13.6. The van der Waals surface area contributed by atoms with Gasteiger partial charge in [-0.1, -0.05) is 121 Å². The number of hydrogen-bond acceptors (Lipinski definition) is 0. The smallest absolute Gasteiger partial charge is 0.108 e. The maximum atomic E-state index is 4.76. The summed E-state index contributed by atoms with van der Waals surface area (Å²) in [5.41, 5.74) is 5.36. The topological polar surface area (TPSA) is 4.44 Å². The van der Waals surface area contributed by atoms with Crippen LogP contribution in [0.2, 0.25) is 0 Å². The lowest BCUT2D eigenvalue weighted by molar-refractivity contribution is -0.894. The first-order chi connectivity index (χ1) is 17.2. The number of hydrogen-bond donors (Lipinski definition) is 1. The van der Waals surface area contributed by atoms with Crippen LogP contribution in [0.5, 0.6) is 0 Å². The number of nitrogens with one attached hydrogen (secondary N) is 1. The molecule has 4 rings (SSSR count). The number of rotatable bonds is 7. The zero-order valence-electron chi connectivity index (χ0n) is 21.2. The monoisotopic (exact) mass is 505 g/mol.